The van der Waals surface area contributed by atoms with Crippen LogP contribution in [0.2, 0.25) is 0 Å². The van der Waals surface area contributed by atoms with E-state index in [1.165, 1.54) is 24.4 Å². The summed E-state index contributed by atoms with van der Waals surface area (Å²) < 4.78 is 21.1. The SMILES string of the molecule is Cc1cccc(C)c1NC(=O)c1cnc(Nc2ccc(N3CCN(C)CC3)cc2F)nc1Oc1ccc(C(N)=O)cc1. The molecule has 11 heteroatoms. The molecule has 0 radical (unpaired) electrons. The lowest BCUT2D eigenvalue weighted by Gasteiger charge is -2.34. The number of carbonyl (C=O) groups is 2. The van der Waals surface area contributed by atoms with Crippen LogP contribution in [0.3, 0.4) is 0 Å². The van der Waals surface area contributed by atoms with Crippen LogP contribution in [-0.2, 0) is 0 Å². The molecule has 1 aliphatic rings. The number of nitrogens with zero attached hydrogens (tertiary/aromatic N) is 4. The number of para-hydroxylation sites is 1. The van der Waals surface area contributed by atoms with Crippen molar-refractivity contribution < 1.29 is 18.7 Å². The monoisotopic (exact) mass is 569 g/mol. The molecule has 0 aliphatic carbocycles. The lowest BCUT2D eigenvalue weighted by atomic mass is 10.1. The van der Waals surface area contributed by atoms with Crippen molar-refractivity contribution in [3.8, 4) is 11.6 Å². The number of aromatic nitrogens is 2. The van der Waals surface area contributed by atoms with Crippen LogP contribution in [0.15, 0.2) is 66.9 Å². The Morgan fingerprint density at radius 2 is 1.67 bits per heavy atom. The van der Waals surface area contributed by atoms with Gasteiger partial charge in [0.15, 0.2) is 0 Å². The molecule has 0 atom stereocenters. The minimum absolute atomic E-state index is 0.0358. The molecule has 2 heterocycles. The minimum Gasteiger partial charge on any atom is -0.438 e. The third kappa shape index (κ3) is 6.47. The van der Waals surface area contributed by atoms with Gasteiger partial charge in [-0.1, -0.05) is 18.2 Å². The van der Waals surface area contributed by atoms with Crippen LogP contribution >= 0.6 is 0 Å². The van der Waals surface area contributed by atoms with Gasteiger partial charge >= 0.3 is 0 Å². The summed E-state index contributed by atoms with van der Waals surface area (Å²) in [7, 11) is 2.07. The Morgan fingerprint density at radius 1 is 0.976 bits per heavy atom. The third-order valence-electron chi connectivity index (χ3n) is 7.14. The molecule has 0 spiro atoms. The third-order valence-corrected chi connectivity index (χ3v) is 7.14. The van der Waals surface area contributed by atoms with E-state index in [4.69, 9.17) is 10.5 Å². The zero-order valence-electron chi connectivity index (χ0n) is 23.6. The van der Waals surface area contributed by atoms with Gasteiger partial charge in [-0.15, -0.1) is 0 Å². The molecule has 0 unspecified atom stereocenters. The maximum atomic E-state index is 15.2. The van der Waals surface area contributed by atoms with E-state index in [1.807, 2.05) is 38.1 Å². The summed E-state index contributed by atoms with van der Waals surface area (Å²) in [6.45, 7) is 7.25. The number of carbonyl (C=O) groups excluding carboxylic acids is 2. The Hall–Kier alpha value is -5.03. The van der Waals surface area contributed by atoms with Crippen molar-refractivity contribution in [3.05, 3.63) is 94.9 Å². The van der Waals surface area contributed by atoms with Crippen molar-refractivity contribution in [1.29, 1.82) is 0 Å². The summed E-state index contributed by atoms with van der Waals surface area (Å²) in [6.07, 6.45) is 1.32. The number of primary amides is 1. The molecule has 4 N–H and O–H groups in total. The lowest BCUT2D eigenvalue weighted by Crippen LogP contribution is -2.44. The molecule has 216 valence electrons. The Morgan fingerprint density at radius 3 is 2.31 bits per heavy atom. The molecule has 4 aromatic rings. The number of nitrogens with one attached hydrogen (secondary N) is 2. The van der Waals surface area contributed by atoms with E-state index in [0.717, 1.165) is 43.0 Å². The number of benzene rings is 3. The Kier molecular flexibility index (Phi) is 8.30. The molecule has 1 aromatic heterocycles. The molecule has 42 heavy (non-hydrogen) atoms. The zero-order chi connectivity index (χ0) is 29.8. The largest absolute Gasteiger partial charge is 0.438 e. The molecule has 0 bridgehead atoms. The second-order valence-electron chi connectivity index (χ2n) is 10.2. The Labute approximate surface area is 243 Å². The molecule has 3 aromatic carbocycles. The fraction of sp³-hybridized carbons (Fsp3) is 0.226. The average molecular weight is 570 g/mol. The van der Waals surface area contributed by atoms with Gasteiger partial charge in [-0.3, -0.25) is 9.59 Å². The summed E-state index contributed by atoms with van der Waals surface area (Å²) in [6, 6.07) is 16.8. The van der Waals surface area contributed by atoms with Gasteiger partial charge in [0.25, 0.3) is 5.91 Å². The van der Waals surface area contributed by atoms with Crippen LogP contribution in [0.5, 0.6) is 11.6 Å². The second kappa shape index (κ2) is 12.2. The molecular formula is C31H32FN7O3. The first-order valence-corrected chi connectivity index (χ1v) is 13.5. The van der Waals surface area contributed by atoms with Crippen molar-refractivity contribution in [1.82, 2.24) is 14.9 Å². The van der Waals surface area contributed by atoms with Crippen LogP contribution in [0.25, 0.3) is 0 Å². The lowest BCUT2D eigenvalue weighted by molar-refractivity contribution is 0.0997. The number of hydrogen-bond donors (Lipinski definition) is 3. The molecule has 1 aliphatic heterocycles. The molecule has 1 saturated heterocycles. The van der Waals surface area contributed by atoms with Gasteiger partial charge in [-0.25, -0.2) is 9.37 Å². The number of amides is 2. The quantitative estimate of drug-likeness (QED) is 0.274. The van der Waals surface area contributed by atoms with Gasteiger partial charge in [-0.2, -0.15) is 4.98 Å². The first-order chi connectivity index (χ1) is 20.2. The fourth-order valence-corrected chi connectivity index (χ4v) is 4.64. The molecule has 2 amide bonds. The van der Waals surface area contributed by atoms with E-state index >= 15 is 4.39 Å². The molecular weight excluding hydrogens is 537 g/mol. The number of rotatable bonds is 8. The average Bonchev–Trinajstić information content (AvgIpc) is 2.97. The number of ether oxygens (including phenoxy) is 1. The summed E-state index contributed by atoms with van der Waals surface area (Å²) in [4.78, 5) is 37.9. The number of halogens is 1. The van der Waals surface area contributed by atoms with Gasteiger partial charge in [0.2, 0.25) is 17.7 Å². The molecule has 1 fully saturated rings. The summed E-state index contributed by atoms with van der Waals surface area (Å²) >= 11 is 0. The standard InChI is InChI=1S/C31H32FN7O3/c1-19-5-4-6-20(2)27(19)36-29(41)24-18-34-31(37-30(24)42-23-10-7-21(8-11-23)28(33)40)35-26-12-9-22(17-25(26)32)39-15-13-38(3)14-16-39/h4-12,17-18H,13-16H2,1-3H3,(H2,33,40)(H,36,41)(H,34,35,37). The maximum Gasteiger partial charge on any atom is 0.262 e. The van der Waals surface area contributed by atoms with Crippen LogP contribution < -0.4 is 26.0 Å². The molecule has 10 nitrogen and oxygen atoms in total. The van der Waals surface area contributed by atoms with Crippen molar-refractivity contribution in [3.63, 3.8) is 0 Å². The smallest absolute Gasteiger partial charge is 0.262 e. The highest BCUT2D eigenvalue weighted by molar-refractivity contribution is 6.06. The highest BCUT2D eigenvalue weighted by Gasteiger charge is 2.20. The van der Waals surface area contributed by atoms with Crippen LogP contribution in [0.1, 0.15) is 31.8 Å². The van der Waals surface area contributed by atoms with Crippen molar-refractivity contribution in [2.75, 3.05) is 48.8 Å². The normalized spacial score (nSPS) is 13.5. The zero-order valence-corrected chi connectivity index (χ0v) is 23.6. The van der Waals surface area contributed by atoms with Gasteiger partial charge in [0, 0.05) is 49.3 Å². The second-order valence-corrected chi connectivity index (χ2v) is 10.2. The Bertz CT molecular complexity index is 1600. The fourth-order valence-electron chi connectivity index (χ4n) is 4.64. The van der Waals surface area contributed by atoms with Crippen LogP contribution in [-0.4, -0.2) is 59.9 Å². The van der Waals surface area contributed by atoms with E-state index in [-0.39, 0.29) is 23.1 Å². The van der Waals surface area contributed by atoms with Crippen LogP contribution in [0.4, 0.5) is 27.4 Å². The first kappa shape index (κ1) is 28.5. The van der Waals surface area contributed by atoms with E-state index in [1.54, 1.807) is 18.2 Å². The minimum atomic E-state index is -0.579. The maximum absolute atomic E-state index is 15.2. The summed E-state index contributed by atoms with van der Waals surface area (Å²) in [5.41, 5.74) is 9.14. The van der Waals surface area contributed by atoms with Crippen molar-refractivity contribution in [2.24, 2.45) is 5.73 Å². The number of anilines is 4. The highest BCUT2D eigenvalue weighted by Crippen LogP contribution is 2.29. The van der Waals surface area contributed by atoms with E-state index in [2.05, 4.69) is 37.4 Å². The number of hydrogen-bond acceptors (Lipinski definition) is 8. The van der Waals surface area contributed by atoms with Crippen molar-refractivity contribution >= 4 is 34.8 Å². The number of nitrogens with two attached hydrogens (primary N) is 1. The molecule has 0 saturated carbocycles. The predicted octanol–water partition coefficient (Wildman–Crippen LogP) is 4.87. The number of aryl methyl sites for hydroxylation is 2. The van der Waals surface area contributed by atoms with Crippen LogP contribution in [0, 0.1) is 19.7 Å². The van der Waals surface area contributed by atoms with Gasteiger partial charge < -0.3 is 30.9 Å². The summed E-state index contributed by atoms with van der Waals surface area (Å²) in [5, 5.41) is 5.81. The van der Waals surface area contributed by atoms with Gasteiger partial charge in [-0.05, 0) is 74.5 Å². The number of piperazine rings is 1. The predicted molar refractivity (Wildman–Crippen MR) is 160 cm³/mol. The molecule has 5 rings (SSSR count). The van der Waals surface area contributed by atoms with Crippen molar-refractivity contribution in [2.45, 2.75) is 13.8 Å². The van der Waals surface area contributed by atoms with E-state index in [9.17, 15) is 9.59 Å². The highest BCUT2D eigenvalue weighted by atomic mass is 19.1. The first-order valence-electron chi connectivity index (χ1n) is 13.5. The van der Waals surface area contributed by atoms with E-state index in [0.29, 0.717) is 17.0 Å². The van der Waals surface area contributed by atoms with E-state index < -0.39 is 17.6 Å². The summed E-state index contributed by atoms with van der Waals surface area (Å²) in [5.74, 6) is -1.23. The van der Waals surface area contributed by atoms with Gasteiger partial charge in [0.1, 0.15) is 17.1 Å². The Balaban J connectivity index is 1.42. The topological polar surface area (TPSA) is 126 Å². The van der Waals surface area contributed by atoms with Gasteiger partial charge in [0.05, 0.1) is 5.69 Å². The number of likely N-dealkylation sites (N-methyl/N-ethyl adjacent to an activating group) is 1.